The third-order valence-corrected chi connectivity index (χ3v) is 9.33. The van der Waals surface area contributed by atoms with E-state index in [-0.39, 0.29) is 5.75 Å². The average Bonchev–Trinajstić information content (AvgIpc) is 3.47. The number of phenolic OH excluding ortho intramolecular Hbond substituents is 1. The van der Waals surface area contributed by atoms with Crippen LogP contribution in [-0.4, -0.2) is 5.11 Å². The van der Waals surface area contributed by atoms with Crippen LogP contribution in [0.25, 0.3) is 27.5 Å². The van der Waals surface area contributed by atoms with Crippen LogP contribution in [0.15, 0.2) is 213 Å². The summed E-state index contributed by atoms with van der Waals surface area (Å²) in [6, 6.07) is 37.6. The monoisotopic (exact) mass is 677 g/mol. The lowest BCUT2D eigenvalue weighted by Crippen LogP contribution is -2.28. The van der Waals surface area contributed by atoms with Crippen LogP contribution in [0.4, 0.5) is 0 Å². The molecule has 0 saturated carbocycles. The van der Waals surface area contributed by atoms with Crippen LogP contribution in [0.5, 0.6) is 5.75 Å². The maximum absolute atomic E-state index is 11.4. The molecule has 1 aliphatic rings. The van der Waals surface area contributed by atoms with E-state index in [2.05, 4.69) is 111 Å². The average molecular weight is 678 g/mol. The molecule has 2 heteroatoms. The van der Waals surface area contributed by atoms with Crippen molar-refractivity contribution in [1.29, 1.82) is 0 Å². The van der Waals surface area contributed by atoms with Gasteiger partial charge in [-0.05, 0) is 93.9 Å². The number of nitrogens with two attached hydrogens (primary N) is 1. The number of hydrogen-bond donors (Lipinski definition) is 2. The molecular weight excluding hydrogens is 631 g/mol. The lowest BCUT2D eigenvalue weighted by molar-refractivity contribution is 0.461. The standard InChI is InChI=1S/C43H37NO.C7H10/c1-3-4-6-15-31(2)43(38-22-13-14-23-41(38)45)39-27-25-35-20-11-12-21-36(35)42(39)37-26-24-32(30-40(37)43)16-9-10-19-34(28-29-44)33-17-7-5-8-18-33;1-4-6-7(3)5-2/h3-15,17-30,45H,2,16,44H2,1H3;4-6H,1-2H2,3H3/b4-3-,10-9+,15-6-,29-28-,34-19+;7-6-. The summed E-state index contributed by atoms with van der Waals surface area (Å²) in [7, 11) is 0. The number of benzene rings is 5. The van der Waals surface area contributed by atoms with Gasteiger partial charge in [-0.2, -0.15) is 0 Å². The van der Waals surface area contributed by atoms with Crippen LogP contribution in [0.2, 0.25) is 0 Å². The molecule has 0 heterocycles. The van der Waals surface area contributed by atoms with E-state index in [0.717, 1.165) is 51.0 Å². The van der Waals surface area contributed by atoms with Crippen LogP contribution in [-0.2, 0) is 11.8 Å². The van der Waals surface area contributed by atoms with Gasteiger partial charge in [-0.3, -0.25) is 0 Å². The van der Waals surface area contributed by atoms with Crippen LogP contribution < -0.4 is 5.73 Å². The molecule has 52 heavy (non-hydrogen) atoms. The van der Waals surface area contributed by atoms with E-state index in [9.17, 15) is 5.11 Å². The highest BCUT2D eigenvalue weighted by atomic mass is 16.3. The summed E-state index contributed by atoms with van der Waals surface area (Å²) in [5.41, 5.74) is 15.8. The summed E-state index contributed by atoms with van der Waals surface area (Å²) in [4.78, 5) is 0. The lowest BCUT2D eigenvalue weighted by Gasteiger charge is -2.34. The number of hydrogen-bond acceptors (Lipinski definition) is 2. The van der Waals surface area contributed by atoms with Crippen molar-refractivity contribution < 1.29 is 5.11 Å². The normalized spacial score (nSPS) is 15.6. The van der Waals surface area contributed by atoms with E-state index in [1.807, 2.05) is 80.6 Å². The second-order valence-electron chi connectivity index (χ2n) is 12.6. The molecule has 0 fully saturated rings. The Labute approximate surface area is 309 Å². The summed E-state index contributed by atoms with van der Waals surface area (Å²) in [6.07, 6.45) is 24.2. The molecule has 0 saturated heterocycles. The Hall–Kier alpha value is -6.38. The Morgan fingerprint density at radius 3 is 2.23 bits per heavy atom. The Kier molecular flexibility index (Phi) is 12.4. The molecule has 2 nitrogen and oxygen atoms in total. The van der Waals surface area contributed by atoms with E-state index >= 15 is 0 Å². The van der Waals surface area contributed by atoms with Gasteiger partial charge in [-0.25, -0.2) is 0 Å². The van der Waals surface area contributed by atoms with Crippen molar-refractivity contribution in [2.75, 3.05) is 0 Å². The van der Waals surface area contributed by atoms with Gasteiger partial charge in [0.2, 0.25) is 0 Å². The van der Waals surface area contributed by atoms with Gasteiger partial charge >= 0.3 is 0 Å². The van der Waals surface area contributed by atoms with Gasteiger partial charge in [0.05, 0.1) is 5.41 Å². The van der Waals surface area contributed by atoms with Crippen molar-refractivity contribution in [3.63, 3.8) is 0 Å². The SMILES string of the molecule is C=C(/C=C\C=C/C)C1(c2ccccc2O)c2cc(C/C=C/C=C(\C=C/N)c3ccccc3)ccc2-c2c1ccc1ccccc21.C=C/C=C(/C)C=C. The van der Waals surface area contributed by atoms with E-state index in [0.29, 0.717) is 0 Å². The zero-order valence-corrected chi connectivity index (χ0v) is 30.2. The Morgan fingerprint density at radius 2 is 1.52 bits per heavy atom. The molecule has 0 spiro atoms. The Balaban J connectivity index is 0.000000679. The molecule has 1 unspecified atom stereocenters. The Morgan fingerprint density at radius 1 is 0.769 bits per heavy atom. The van der Waals surface area contributed by atoms with Gasteiger partial charge in [0.25, 0.3) is 0 Å². The summed E-state index contributed by atoms with van der Waals surface area (Å²) in [5.74, 6) is 0.252. The predicted molar refractivity (Wildman–Crippen MR) is 225 cm³/mol. The van der Waals surface area contributed by atoms with Crippen molar-refractivity contribution in [1.82, 2.24) is 0 Å². The molecule has 0 bridgehead atoms. The number of rotatable bonds is 11. The Bertz CT molecular complexity index is 2260. The fourth-order valence-corrected chi connectivity index (χ4v) is 6.89. The van der Waals surface area contributed by atoms with Gasteiger partial charge in [-0.1, -0.05) is 189 Å². The minimum absolute atomic E-state index is 0.252. The molecular formula is C50H47NO. The van der Waals surface area contributed by atoms with Crippen LogP contribution in [0, 0.1) is 0 Å². The summed E-state index contributed by atoms with van der Waals surface area (Å²) in [6.45, 7) is 15.7. The van der Waals surface area contributed by atoms with E-state index in [4.69, 9.17) is 5.73 Å². The van der Waals surface area contributed by atoms with Crippen LogP contribution in [0.3, 0.4) is 0 Å². The topological polar surface area (TPSA) is 46.2 Å². The zero-order chi connectivity index (χ0) is 36.9. The first-order valence-corrected chi connectivity index (χ1v) is 17.6. The second kappa shape index (κ2) is 17.5. The molecule has 6 rings (SSSR count). The molecule has 0 amide bonds. The molecule has 0 aromatic heterocycles. The second-order valence-corrected chi connectivity index (χ2v) is 12.6. The number of fused-ring (bicyclic) bond motifs is 5. The van der Waals surface area contributed by atoms with Crippen molar-refractivity contribution in [3.8, 4) is 16.9 Å². The van der Waals surface area contributed by atoms with E-state index in [1.165, 1.54) is 21.9 Å². The number of phenols is 1. The molecule has 5 aromatic rings. The summed E-state index contributed by atoms with van der Waals surface area (Å²) in [5, 5.41) is 13.8. The maximum Gasteiger partial charge on any atom is 0.120 e. The predicted octanol–water partition coefficient (Wildman–Crippen LogP) is 12.5. The molecule has 1 atom stereocenters. The highest BCUT2D eigenvalue weighted by Crippen LogP contribution is 2.59. The van der Waals surface area contributed by atoms with Gasteiger partial charge in [-0.15, -0.1) is 0 Å². The largest absolute Gasteiger partial charge is 0.508 e. The van der Waals surface area contributed by atoms with Crippen LogP contribution in [0.1, 0.15) is 41.7 Å². The minimum atomic E-state index is -0.774. The summed E-state index contributed by atoms with van der Waals surface area (Å²) < 4.78 is 0. The van der Waals surface area contributed by atoms with Gasteiger partial charge < -0.3 is 10.8 Å². The van der Waals surface area contributed by atoms with Crippen molar-refractivity contribution in [2.24, 2.45) is 5.73 Å². The van der Waals surface area contributed by atoms with Crippen molar-refractivity contribution in [3.05, 3.63) is 241 Å². The summed E-state index contributed by atoms with van der Waals surface area (Å²) >= 11 is 0. The number of aromatic hydroxyl groups is 1. The quantitative estimate of drug-likeness (QED) is 0.137. The van der Waals surface area contributed by atoms with Crippen molar-refractivity contribution in [2.45, 2.75) is 25.7 Å². The molecule has 5 aromatic carbocycles. The van der Waals surface area contributed by atoms with Gasteiger partial charge in [0.15, 0.2) is 0 Å². The fraction of sp³-hybridized carbons (Fsp3) is 0.0800. The molecule has 258 valence electrons. The first-order valence-electron chi connectivity index (χ1n) is 17.6. The molecule has 0 radical (unpaired) electrons. The number of allylic oxidation sites excluding steroid dienone is 14. The van der Waals surface area contributed by atoms with Crippen LogP contribution >= 0.6 is 0 Å². The lowest BCUT2D eigenvalue weighted by atomic mass is 9.67. The minimum Gasteiger partial charge on any atom is -0.508 e. The van der Waals surface area contributed by atoms with Gasteiger partial charge in [0.1, 0.15) is 5.75 Å². The third-order valence-electron chi connectivity index (χ3n) is 9.33. The maximum atomic E-state index is 11.4. The zero-order valence-electron chi connectivity index (χ0n) is 30.2. The first kappa shape index (κ1) is 36.9. The third kappa shape index (κ3) is 7.67. The molecule has 1 aliphatic carbocycles. The molecule has 3 N–H and O–H groups in total. The fourth-order valence-electron chi connectivity index (χ4n) is 6.89. The van der Waals surface area contributed by atoms with Crippen molar-refractivity contribution >= 4 is 16.3 Å². The highest BCUT2D eigenvalue weighted by Gasteiger charge is 2.48. The first-order chi connectivity index (χ1) is 25.4. The highest BCUT2D eigenvalue weighted by molar-refractivity contribution is 6.04. The number of para-hydroxylation sites is 1. The van der Waals surface area contributed by atoms with E-state index in [1.54, 1.807) is 24.4 Å². The van der Waals surface area contributed by atoms with E-state index < -0.39 is 5.41 Å². The van der Waals surface area contributed by atoms with Gasteiger partial charge in [0, 0.05) is 5.56 Å². The smallest absolute Gasteiger partial charge is 0.120 e. The molecule has 0 aliphatic heterocycles.